The summed E-state index contributed by atoms with van der Waals surface area (Å²) in [5.74, 6) is -0.162. The van der Waals surface area contributed by atoms with E-state index in [0.29, 0.717) is 11.4 Å². The SMILES string of the molecule is Cc1nnc(-c2ccc(F)cc2O)nn1. The van der Waals surface area contributed by atoms with E-state index >= 15 is 0 Å². The van der Waals surface area contributed by atoms with Gasteiger partial charge < -0.3 is 5.11 Å². The third-order valence-electron chi connectivity index (χ3n) is 1.78. The zero-order valence-electron chi connectivity index (χ0n) is 7.85. The van der Waals surface area contributed by atoms with Crippen LogP contribution in [-0.2, 0) is 0 Å². The van der Waals surface area contributed by atoms with Gasteiger partial charge in [0.2, 0.25) is 5.82 Å². The van der Waals surface area contributed by atoms with E-state index in [1.54, 1.807) is 6.92 Å². The van der Waals surface area contributed by atoms with Gasteiger partial charge in [-0.1, -0.05) is 0 Å². The Kier molecular flexibility index (Phi) is 2.24. The van der Waals surface area contributed by atoms with Crippen molar-refractivity contribution in [3.8, 4) is 17.1 Å². The Morgan fingerprint density at radius 2 is 1.80 bits per heavy atom. The molecule has 0 bridgehead atoms. The van der Waals surface area contributed by atoms with E-state index in [9.17, 15) is 9.50 Å². The molecule has 0 amide bonds. The van der Waals surface area contributed by atoms with Crippen molar-refractivity contribution in [2.45, 2.75) is 6.92 Å². The fourth-order valence-corrected chi connectivity index (χ4v) is 1.08. The van der Waals surface area contributed by atoms with Gasteiger partial charge in [-0.3, -0.25) is 0 Å². The third-order valence-corrected chi connectivity index (χ3v) is 1.78. The molecule has 0 aliphatic carbocycles. The Hall–Kier alpha value is -2.11. The minimum atomic E-state index is -0.524. The van der Waals surface area contributed by atoms with E-state index in [1.165, 1.54) is 12.1 Å². The summed E-state index contributed by atoms with van der Waals surface area (Å²) in [6.07, 6.45) is 0. The van der Waals surface area contributed by atoms with Crippen molar-refractivity contribution in [2.24, 2.45) is 0 Å². The van der Waals surface area contributed by atoms with Crippen molar-refractivity contribution in [1.82, 2.24) is 20.4 Å². The molecule has 76 valence electrons. The monoisotopic (exact) mass is 206 g/mol. The Morgan fingerprint density at radius 3 is 2.40 bits per heavy atom. The van der Waals surface area contributed by atoms with Gasteiger partial charge in [-0.05, 0) is 19.1 Å². The number of hydrogen-bond donors (Lipinski definition) is 1. The van der Waals surface area contributed by atoms with Crippen LogP contribution in [0.25, 0.3) is 11.4 Å². The predicted octanol–water partition coefficient (Wildman–Crippen LogP) is 1.09. The number of hydrogen-bond acceptors (Lipinski definition) is 5. The molecular formula is C9H7FN4O. The Morgan fingerprint density at radius 1 is 1.13 bits per heavy atom. The smallest absolute Gasteiger partial charge is 0.207 e. The topological polar surface area (TPSA) is 71.8 Å². The average Bonchev–Trinajstić information content (AvgIpc) is 2.20. The molecule has 0 fully saturated rings. The number of halogens is 1. The van der Waals surface area contributed by atoms with E-state index in [-0.39, 0.29) is 11.6 Å². The number of phenolic OH excluding ortho intramolecular Hbond substituents is 1. The zero-order chi connectivity index (χ0) is 10.8. The fraction of sp³-hybridized carbons (Fsp3) is 0.111. The molecule has 0 spiro atoms. The number of aromatic hydroxyl groups is 1. The lowest BCUT2D eigenvalue weighted by Gasteiger charge is -2.01. The molecule has 6 heteroatoms. The summed E-state index contributed by atoms with van der Waals surface area (Å²) in [5, 5.41) is 24.3. The Bertz CT molecular complexity index is 486. The van der Waals surface area contributed by atoms with Gasteiger partial charge >= 0.3 is 0 Å². The molecule has 2 rings (SSSR count). The van der Waals surface area contributed by atoms with Crippen LogP contribution in [0.1, 0.15) is 5.82 Å². The molecule has 0 aliphatic rings. The first-order chi connectivity index (χ1) is 7.16. The summed E-state index contributed by atoms with van der Waals surface area (Å²) in [6.45, 7) is 1.65. The van der Waals surface area contributed by atoms with E-state index < -0.39 is 5.82 Å². The minimum Gasteiger partial charge on any atom is -0.507 e. The van der Waals surface area contributed by atoms with Crippen molar-refractivity contribution in [2.75, 3.05) is 0 Å². The second-order valence-corrected chi connectivity index (χ2v) is 2.93. The van der Waals surface area contributed by atoms with Crippen molar-refractivity contribution >= 4 is 0 Å². The molecule has 0 atom stereocenters. The quantitative estimate of drug-likeness (QED) is 0.756. The lowest BCUT2D eigenvalue weighted by atomic mass is 10.2. The van der Waals surface area contributed by atoms with Gasteiger partial charge in [-0.15, -0.1) is 20.4 Å². The van der Waals surface area contributed by atoms with Gasteiger partial charge in [0.05, 0.1) is 5.56 Å². The highest BCUT2D eigenvalue weighted by Gasteiger charge is 2.09. The zero-order valence-corrected chi connectivity index (χ0v) is 7.85. The maximum absolute atomic E-state index is 12.7. The van der Waals surface area contributed by atoms with Crippen LogP contribution in [0.3, 0.4) is 0 Å². The third kappa shape index (κ3) is 1.88. The molecule has 1 aromatic carbocycles. The van der Waals surface area contributed by atoms with Crippen LogP contribution < -0.4 is 0 Å². The van der Waals surface area contributed by atoms with Gasteiger partial charge in [0, 0.05) is 6.07 Å². The summed E-state index contributed by atoms with van der Waals surface area (Å²) in [7, 11) is 0. The molecule has 2 aromatic rings. The summed E-state index contributed by atoms with van der Waals surface area (Å²) in [6, 6.07) is 3.56. The standard InChI is InChI=1S/C9H7FN4O/c1-5-11-13-9(14-12-5)7-3-2-6(10)4-8(7)15/h2-4,15H,1H3. The number of aromatic nitrogens is 4. The molecular weight excluding hydrogens is 199 g/mol. The molecule has 1 heterocycles. The molecule has 1 aromatic heterocycles. The minimum absolute atomic E-state index is 0.165. The van der Waals surface area contributed by atoms with Crippen molar-refractivity contribution in [1.29, 1.82) is 0 Å². The highest BCUT2D eigenvalue weighted by Crippen LogP contribution is 2.25. The van der Waals surface area contributed by atoms with Crippen LogP contribution in [0.5, 0.6) is 5.75 Å². The van der Waals surface area contributed by atoms with E-state index in [2.05, 4.69) is 20.4 Å². The lowest BCUT2D eigenvalue weighted by molar-refractivity contribution is 0.470. The highest BCUT2D eigenvalue weighted by molar-refractivity contribution is 5.62. The first-order valence-electron chi connectivity index (χ1n) is 4.20. The summed E-state index contributed by atoms with van der Waals surface area (Å²) >= 11 is 0. The number of aryl methyl sites for hydroxylation is 1. The molecule has 15 heavy (non-hydrogen) atoms. The Labute approximate surface area is 84.6 Å². The predicted molar refractivity (Wildman–Crippen MR) is 49.4 cm³/mol. The molecule has 0 saturated carbocycles. The largest absolute Gasteiger partial charge is 0.507 e. The normalized spacial score (nSPS) is 10.3. The maximum atomic E-state index is 12.7. The summed E-state index contributed by atoms with van der Waals surface area (Å²) in [4.78, 5) is 0. The highest BCUT2D eigenvalue weighted by atomic mass is 19.1. The van der Waals surface area contributed by atoms with Crippen LogP contribution in [0.4, 0.5) is 4.39 Å². The van der Waals surface area contributed by atoms with E-state index in [4.69, 9.17) is 0 Å². The summed E-state index contributed by atoms with van der Waals surface area (Å²) < 4.78 is 12.7. The number of benzene rings is 1. The first-order valence-corrected chi connectivity index (χ1v) is 4.20. The maximum Gasteiger partial charge on any atom is 0.207 e. The second-order valence-electron chi connectivity index (χ2n) is 2.93. The molecule has 1 N–H and O–H groups in total. The number of nitrogens with zero attached hydrogens (tertiary/aromatic N) is 4. The van der Waals surface area contributed by atoms with Gasteiger partial charge in [-0.2, -0.15) is 0 Å². The van der Waals surface area contributed by atoms with Crippen molar-refractivity contribution < 1.29 is 9.50 Å². The van der Waals surface area contributed by atoms with E-state index in [1.807, 2.05) is 0 Å². The molecule has 5 nitrogen and oxygen atoms in total. The van der Waals surface area contributed by atoms with Crippen molar-refractivity contribution in [3.05, 3.63) is 29.8 Å². The Balaban J connectivity index is 2.49. The fourth-order valence-electron chi connectivity index (χ4n) is 1.08. The van der Waals surface area contributed by atoms with Crippen molar-refractivity contribution in [3.63, 3.8) is 0 Å². The second kappa shape index (κ2) is 3.56. The number of rotatable bonds is 1. The van der Waals surface area contributed by atoms with Crippen LogP contribution >= 0.6 is 0 Å². The van der Waals surface area contributed by atoms with Crippen LogP contribution in [0.2, 0.25) is 0 Å². The van der Waals surface area contributed by atoms with Gasteiger partial charge in [-0.25, -0.2) is 4.39 Å². The molecule has 0 unspecified atom stereocenters. The van der Waals surface area contributed by atoms with Gasteiger partial charge in [0.1, 0.15) is 11.6 Å². The first kappa shape index (κ1) is 9.45. The van der Waals surface area contributed by atoms with Crippen LogP contribution in [0.15, 0.2) is 18.2 Å². The molecule has 0 aliphatic heterocycles. The van der Waals surface area contributed by atoms with Crippen LogP contribution in [0, 0.1) is 12.7 Å². The lowest BCUT2D eigenvalue weighted by Crippen LogP contribution is -1.98. The van der Waals surface area contributed by atoms with Crippen LogP contribution in [-0.4, -0.2) is 25.5 Å². The van der Waals surface area contributed by atoms with Gasteiger partial charge in [0.25, 0.3) is 0 Å². The summed E-state index contributed by atoms with van der Waals surface area (Å²) in [5.41, 5.74) is 0.302. The van der Waals surface area contributed by atoms with E-state index in [0.717, 1.165) is 6.07 Å². The molecule has 0 saturated heterocycles. The molecule has 0 radical (unpaired) electrons. The average molecular weight is 206 g/mol. The number of phenols is 1. The van der Waals surface area contributed by atoms with Gasteiger partial charge in [0.15, 0.2) is 5.82 Å².